The summed E-state index contributed by atoms with van der Waals surface area (Å²) in [5, 5.41) is 0. The van der Waals surface area contributed by atoms with Gasteiger partial charge in [0.25, 0.3) is 0 Å². The SMILES string of the molecule is C=C=C=C=C=C=C=C=C=C=C=C=C=C=C=C=C=C=C=C=C=C=C=C(C)CC.C=C=C=C=C=C=C=C=C=C=C=C=C=C=C=C=C=C=C=C=C=C=C=C(C)CC.C=C=C=C=C=C=C=C=C=C=C=C=C=C=C=C=C=C=C=C=C=C=C=C(C)COC.C=C=C=C=C=C=C=C=C=C=C=C=C=C=C=C=C=C=C=C=C=C=C=C(C)COC.CC1CCCCC1.CC1CCCCC1.Cc1ccccc1.Cc1ccccc1. The number of hydrogen-bond acceptors (Lipinski definition) is 2. The summed E-state index contributed by atoms with van der Waals surface area (Å²) in [5.41, 5.74) is 229. The van der Waals surface area contributed by atoms with Crippen LogP contribution in [0.1, 0.15) is 144 Å². The molecule has 0 atom stereocenters. The molecule has 0 heterocycles. The Bertz CT molecular complexity index is 8160. The van der Waals surface area contributed by atoms with Crippen LogP contribution in [0.4, 0.5) is 0 Å². The van der Waals surface area contributed by atoms with Crippen molar-refractivity contribution in [2.24, 2.45) is 11.8 Å². The quantitative estimate of drug-likeness (QED) is 0.268. The molecule has 0 radical (unpaired) electrons. The number of methoxy groups -OCH3 is 2. The lowest BCUT2D eigenvalue weighted by Gasteiger charge is -2.15. The van der Waals surface area contributed by atoms with Gasteiger partial charge < -0.3 is 9.47 Å². The number of aryl methyl sites for hydroxylation is 2. The lowest BCUT2D eigenvalue weighted by molar-refractivity contribution is 0.226. The van der Waals surface area contributed by atoms with Crippen molar-refractivity contribution in [3.05, 3.63) is 625 Å². The van der Waals surface area contributed by atoms with Crippen molar-refractivity contribution in [3.8, 4) is 0 Å². The summed E-state index contributed by atoms with van der Waals surface area (Å²) >= 11 is 0. The van der Waals surface area contributed by atoms with Crippen LogP contribution in [0.5, 0.6) is 0 Å². The molecule has 0 spiro atoms. The maximum Gasteiger partial charge on any atom is 0.0750 e. The van der Waals surface area contributed by atoms with Gasteiger partial charge in [-0.15, -0.1) is 0 Å². The van der Waals surface area contributed by atoms with Crippen LogP contribution < -0.4 is 0 Å². The number of allylic oxidation sites excluding steroid dienone is 2. The van der Waals surface area contributed by atoms with Gasteiger partial charge in [0.05, 0.1) is 13.2 Å². The molecule has 0 unspecified atom stereocenters. The first-order valence-corrected chi connectivity index (χ1v) is 41.2. The molecule has 138 heavy (non-hydrogen) atoms. The molecule has 2 fully saturated rings. The van der Waals surface area contributed by atoms with E-state index in [2.05, 4.69) is 583 Å². The van der Waals surface area contributed by atoms with Crippen LogP contribution in [-0.4, -0.2) is 27.4 Å². The van der Waals surface area contributed by atoms with Gasteiger partial charge in [0, 0.05) is 117 Å². The summed E-state index contributed by atoms with van der Waals surface area (Å²) in [6.07, 6.45) is 16.7. The van der Waals surface area contributed by atoms with E-state index in [1.807, 2.05) is 77.9 Å². The Hall–Kier alpha value is -22.0. The van der Waals surface area contributed by atoms with Crippen molar-refractivity contribution in [3.63, 3.8) is 0 Å². The summed E-state index contributed by atoms with van der Waals surface area (Å²) < 4.78 is 9.84. The maximum absolute atomic E-state index is 4.92. The van der Waals surface area contributed by atoms with Crippen LogP contribution >= 0.6 is 0 Å². The van der Waals surface area contributed by atoms with Gasteiger partial charge in [-0.3, -0.25) is 0 Å². The fourth-order valence-electron chi connectivity index (χ4n) is 7.34. The van der Waals surface area contributed by atoms with Crippen LogP contribution in [-0.2, 0) is 9.47 Å². The van der Waals surface area contributed by atoms with Crippen molar-refractivity contribution < 1.29 is 9.47 Å². The Kier molecular flexibility index (Phi) is 98.4. The predicted molar refractivity (Wildman–Crippen MR) is 540 cm³/mol. The average Bonchev–Trinajstić information content (AvgIpc) is 1.01. The van der Waals surface area contributed by atoms with Crippen molar-refractivity contribution in [1.82, 2.24) is 0 Å². The first kappa shape index (κ1) is 122. The minimum atomic E-state index is 0.491. The zero-order chi connectivity index (χ0) is 101. The highest BCUT2D eigenvalue weighted by atomic mass is 16.5. The highest BCUT2D eigenvalue weighted by Gasteiger charge is 2.06. The van der Waals surface area contributed by atoms with Crippen LogP contribution in [0.2, 0.25) is 0 Å². The van der Waals surface area contributed by atoms with E-state index in [1.54, 1.807) is 14.2 Å². The monoisotopic (exact) mass is 1750 g/mol. The average molecular weight is 1750 g/mol. The molecule has 2 aromatic rings. The lowest BCUT2D eigenvalue weighted by Crippen LogP contribution is -1.99. The Labute approximate surface area is 814 Å². The third-order valence-corrected chi connectivity index (χ3v) is 13.7. The molecule has 2 nitrogen and oxygen atoms in total. The number of ether oxygens (including phenoxy) is 2. The van der Waals surface area contributed by atoms with Gasteiger partial charge in [0.1, 0.15) is 0 Å². The van der Waals surface area contributed by atoms with Crippen molar-refractivity contribution in [2.75, 3.05) is 27.4 Å². The molecule has 2 aliphatic carbocycles. The van der Waals surface area contributed by atoms with Crippen molar-refractivity contribution in [2.45, 2.75) is 146 Å². The first-order chi connectivity index (χ1) is 67.8. The molecular formula is C136H84O2. The van der Waals surface area contributed by atoms with E-state index < -0.39 is 0 Å². The fraction of sp³-hybridized carbons (Fsp3) is 0.206. The van der Waals surface area contributed by atoms with Crippen LogP contribution in [0.15, 0.2) is 614 Å². The Morgan fingerprint density at radius 2 is 0.341 bits per heavy atom. The summed E-state index contributed by atoms with van der Waals surface area (Å²) in [5.74, 6) is 2.07. The van der Waals surface area contributed by atoms with E-state index in [0.717, 1.165) is 47.0 Å². The zero-order valence-electron chi connectivity index (χ0n) is 79.5. The Morgan fingerprint density at radius 1 is 0.210 bits per heavy atom. The van der Waals surface area contributed by atoms with Gasteiger partial charge in [-0.05, 0) is 470 Å². The van der Waals surface area contributed by atoms with Crippen LogP contribution in [0.3, 0.4) is 0 Å². The third kappa shape index (κ3) is 116. The normalized spacial score (nSPS) is 7.28. The highest BCUT2D eigenvalue weighted by Crippen LogP contribution is 2.23. The molecule has 0 amide bonds. The molecule has 0 aliphatic heterocycles. The van der Waals surface area contributed by atoms with Gasteiger partial charge in [-0.2, -0.15) is 0 Å². The van der Waals surface area contributed by atoms with E-state index >= 15 is 0 Å². The smallest absolute Gasteiger partial charge is 0.0750 e. The molecule has 0 saturated heterocycles. The topological polar surface area (TPSA) is 18.5 Å². The standard InChI is InChI=1S/2C27H10O.2C27H10.2C7H14.2C7H8/c2*1-4-5-6-7-8-9-10-11-12-13-14-15-16-17-18-19-20-21-22-23-24-25-27(2)26-28-3;2*1-4-6-7-8-9-10-11-12-13-14-15-16-17-18-19-20-21-22-23-24-25-26-27(3)5-2;4*1-7-5-3-2-4-6-7/h2*1,26H2,2-3H3;2*1,5H2,2-3H3;2*7H,2-6H2,1H3;2*2-6H,1H3. The third-order valence-electron chi connectivity index (χ3n) is 13.7. The summed E-state index contributed by atoms with van der Waals surface area (Å²) in [7, 11) is 3.22. The molecule has 0 N–H and O–H groups in total. The van der Waals surface area contributed by atoms with Crippen molar-refractivity contribution >= 4 is 0 Å². The number of rotatable bonds is 6. The molecule has 2 saturated carbocycles. The molecule has 4 rings (SSSR count). The minimum absolute atomic E-state index is 0.491. The van der Waals surface area contributed by atoms with E-state index in [-0.39, 0.29) is 0 Å². The van der Waals surface area contributed by atoms with Gasteiger partial charge in [0.15, 0.2) is 0 Å². The van der Waals surface area contributed by atoms with Crippen molar-refractivity contribution in [1.29, 1.82) is 0 Å². The van der Waals surface area contributed by atoms with Crippen LogP contribution in [0, 0.1) is 25.7 Å². The zero-order valence-corrected chi connectivity index (χ0v) is 79.5. The lowest BCUT2D eigenvalue weighted by atomic mass is 9.91. The van der Waals surface area contributed by atoms with Gasteiger partial charge in [-0.1, -0.05) is 210 Å². The molecule has 2 heteroatoms. The van der Waals surface area contributed by atoms with Gasteiger partial charge in [-0.25, -0.2) is 0 Å². The van der Waals surface area contributed by atoms with E-state index in [1.165, 1.54) is 75.3 Å². The van der Waals surface area contributed by atoms with Crippen LogP contribution in [0.25, 0.3) is 0 Å². The van der Waals surface area contributed by atoms with E-state index in [4.69, 9.17) is 9.47 Å². The van der Waals surface area contributed by atoms with Gasteiger partial charge >= 0.3 is 0 Å². The highest BCUT2D eigenvalue weighted by molar-refractivity contribution is 5.13. The first-order valence-electron chi connectivity index (χ1n) is 41.2. The van der Waals surface area contributed by atoms with E-state index in [9.17, 15) is 0 Å². The second kappa shape index (κ2) is 111. The number of benzene rings is 2. The largest absolute Gasteiger partial charge is 0.380 e. The molecule has 640 valence electrons. The summed E-state index contributed by atoms with van der Waals surface area (Å²) in [6.45, 7) is 34.8. The second-order valence-corrected chi connectivity index (χ2v) is 24.7. The Morgan fingerprint density at radius 3 is 0.442 bits per heavy atom. The molecule has 0 aromatic heterocycles. The molecule has 2 aliphatic rings. The summed E-state index contributed by atoms with van der Waals surface area (Å²) in [4.78, 5) is 0. The maximum atomic E-state index is 4.92. The van der Waals surface area contributed by atoms with Gasteiger partial charge in [0.2, 0.25) is 0 Å². The summed E-state index contributed by atoms with van der Waals surface area (Å²) in [6, 6.07) is 20.5. The number of hydrogen-bond donors (Lipinski definition) is 0. The molecule has 0 bridgehead atoms. The minimum Gasteiger partial charge on any atom is -0.380 e. The molecular weight excluding hydrogens is 1670 g/mol. The fourth-order valence-corrected chi connectivity index (χ4v) is 7.34. The second-order valence-electron chi connectivity index (χ2n) is 24.7. The van der Waals surface area contributed by atoms with E-state index in [0.29, 0.717) is 13.2 Å². The Balaban J connectivity index is -0.000000786. The molecule has 2 aromatic carbocycles. The predicted octanol–water partition coefficient (Wildman–Crippen LogP) is 29.2.